The van der Waals surface area contributed by atoms with E-state index in [1.165, 1.54) is 15.6 Å². The fraction of sp³-hybridized carbons (Fsp3) is 0.438. The summed E-state index contributed by atoms with van der Waals surface area (Å²) in [6.07, 6.45) is 1.54. The number of carboxylic acid groups (broad SMARTS) is 1. The Hall–Kier alpha value is -2.19. The van der Waals surface area contributed by atoms with Crippen molar-refractivity contribution in [3.05, 3.63) is 40.3 Å². The van der Waals surface area contributed by atoms with Crippen LogP contribution in [0.5, 0.6) is 0 Å². The summed E-state index contributed by atoms with van der Waals surface area (Å²) in [5.74, 6) is -1.11. The van der Waals surface area contributed by atoms with E-state index >= 15 is 0 Å². The van der Waals surface area contributed by atoms with Crippen LogP contribution in [0.3, 0.4) is 0 Å². The minimum Gasteiger partial charge on any atom is -0.476 e. The van der Waals surface area contributed by atoms with Crippen LogP contribution in [0.2, 0.25) is 0 Å². The van der Waals surface area contributed by atoms with Gasteiger partial charge in [0.1, 0.15) is 6.04 Å². The van der Waals surface area contributed by atoms with Gasteiger partial charge in [-0.3, -0.25) is 14.4 Å². The SMILES string of the molecule is CC(C(=O)N1CCN(Cc2cccs2)CC1)n1ccc(C(=O)O)n1. The first kappa shape index (κ1) is 16.7. The van der Waals surface area contributed by atoms with Crippen LogP contribution in [0.1, 0.15) is 28.3 Å². The normalized spacial score (nSPS) is 17.0. The topological polar surface area (TPSA) is 78.7 Å². The molecule has 2 aromatic rings. The second-order valence-electron chi connectivity index (χ2n) is 5.84. The van der Waals surface area contributed by atoms with Crippen LogP contribution in [0.25, 0.3) is 0 Å². The summed E-state index contributed by atoms with van der Waals surface area (Å²) >= 11 is 1.75. The number of amides is 1. The Morgan fingerprint density at radius 2 is 2.04 bits per heavy atom. The minimum absolute atomic E-state index is 0.0224. The van der Waals surface area contributed by atoms with Gasteiger partial charge in [-0.15, -0.1) is 11.3 Å². The Bertz CT molecular complexity index is 705. The molecule has 1 atom stereocenters. The van der Waals surface area contributed by atoms with E-state index < -0.39 is 12.0 Å². The zero-order chi connectivity index (χ0) is 17.1. The van der Waals surface area contributed by atoms with E-state index in [0.29, 0.717) is 13.1 Å². The first-order chi connectivity index (χ1) is 11.5. The zero-order valence-electron chi connectivity index (χ0n) is 13.5. The Balaban J connectivity index is 1.55. The molecule has 1 amide bonds. The monoisotopic (exact) mass is 348 g/mol. The molecule has 24 heavy (non-hydrogen) atoms. The number of aromatic nitrogens is 2. The first-order valence-corrected chi connectivity index (χ1v) is 8.74. The standard InChI is InChI=1S/C16H20N4O3S/c1-12(20-5-4-14(17-20)16(22)23)15(21)19-8-6-18(7-9-19)11-13-3-2-10-24-13/h2-5,10,12H,6-9,11H2,1H3,(H,22,23). The maximum atomic E-state index is 12.6. The highest BCUT2D eigenvalue weighted by Gasteiger charge is 2.26. The lowest BCUT2D eigenvalue weighted by Gasteiger charge is -2.35. The lowest BCUT2D eigenvalue weighted by atomic mass is 10.2. The average molecular weight is 348 g/mol. The van der Waals surface area contributed by atoms with Gasteiger partial charge in [-0.2, -0.15) is 5.10 Å². The van der Waals surface area contributed by atoms with Crippen molar-refractivity contribution in [3.63, 3.8) is 0 Å². The van der Waals surface area contributed by atoms with Crippen LogP contribution in [0.4, 0.5) is 0 Å². The van der Waals surface area contributed by atoms with Crippen molar-refractivity contribution in [1.82, 2.24) is 19.6 Å². The van der Waals surface area contributed by atoms with Crippen molar-refractivity contribution in [2.24, 2.45) is 0 Å². The lowest BCUT2D eigenvalue weighted by molar-refractivity contribution is -0.136. The van der Waals surface area contributed by atoms with Crippen LogP contribution in [-0.2, 0) is 11.3 Å². The van der Waals surface area contributed by atoms with Gasteiger partial charge in [0.05, 0.1) is 0 Å². The summed E-state index contributed by atoms with van der Waals surface area (Å²) in [5, 5.41) is 15.0. The van der Waals surface area contributed by atoms with Crippen LogP contribution in [-0.4, -0.2) is 62.7 Å². The summed E-state index contributed by atoms with van der Waals surface area (Å²) in [5.41, 5.74) is -0.0459. The molecule has 2 aromatic heterocycles. The highest BCUT2D eigenvalue weighted by Crippen LogP contribution is 2.16. The highest BCUT2D eigenvalue weighted by atomic mass is 32.1. The number of carbonyl (C=O) groups is 2. The number of hydrogen-bond donors (Lipinski definition) is 1. The van der Waals surface area contributed by atoms with E-state index in [1.54, 1.807) is 24.5 Å². The third kappa shape index (κ3) is 3.65. The zero-order valence-corrected chi connectivity index (χ0v) is 14.3. The quantitative estimate of drug-likeness (QED) is 0.887. The van der Waals surface area contributed by atoms with Crippen molar-refractivity contribution in [2.75, 3.05) is 26.2 Å². The number of piperazine rings is 1. The Kier molecular flexibility index (Phi) is 4.96. The molecule has 1 unspecified atom stereocenters. The second kappa shape index (κ2) is 7.14. The molecular formula is C16H20N4O3S. The molecule has 7 nitrogen and oxygen atoms in total. The summed E-state index contributed by atoms with van der Waals surface area (Å²) in [6, 6.07) is 5.09. The molecular weight excluding hydrogens is 328 g/mol. The maximum Gasteiger partial charge on any atom is 0.356 e. The predicted molar refractivity (Wildman–Crippen MR) is 90.1 cm³/mol. The van der Waals surface area contributed by atoms with Crippen molar-refractivity contribution in [2.45, 2.75) is 19.5 Å². The number of thiophene rings is 1. The van der Waals surface area contributed by atoms with E-state index in [9.17, 15) is 9.59 Å². The molecule has 0 spiro atoms. The number of rotatable bonds is 5. The number of hydrogen-bond acceptors (Lipinski definition) is 5. The molecule has 0 aliphatic carbocycles. The summed E-state index contributed by atoms with van der Waals surface area (Å²) < 4.78 is 1.42. The summed E-state index contributed by atoms with van der Waals surface area (Å²) in [4.78, 5) is 29.0. The average Bonchev–Trinajstić information content (AvgIpc) is 3.26. The van der Waals surface area contributed by atoms with Crippen LogP contribution >= 0.6 is 11.3 Å². The third-order valence-electron chi connectivity index (χ3n) is 4.23. The van der Waals surface area contributed by atoms with E-state index in [2.05, 4.69) is 27.5 Å². The van der Waals surface area contributed by atoms with E-state index in [0.717, 1.165) is 19.6 Å². The summed E-state index contributed by atoms with van der Waals surface area (Å²) in [7, 11) is 0. The molecule has 8 heteroatoms. The van der Waals surface area contributed by atoms with Gasteiger partial charge in [-0.1, -0.05) is 6.07 Å². The minimum atomic E-state index is -1.09. The fourth-order valence-electron chi connectivity index (χ4n) is 2.79. The van der Waals surface area contributed by atoms with Crippen molar-refractivity contribution in [3.8, 4) is 0 Å². The van der Waals surface area contributed by atoms with Gasteiger partial charge in [0, 0.05) is 43.8 Å². The Labute approximate surface area is 144 Å². The molecule has 0 bridgehead atoms. The van der Waals surface area contributed by atoms with E-state index in [4.69, 9.17) is 5.11 Å². The van der Waals surface area contributed by atoms with Gasteiger partial charge in [-0.05, 0) is 24.4 Å². The molecule has 0 aromatic carbocycles. The van der Waals surface area contributed by atoms with Gasteiger partial charge in [0.25, 0.3) is 0 Å². The fourth-order valence-corrected chi connectivity index (χ4v) is 3.54. The predicted octanol–water partition coefficient (Wildman–Crippen LogP) is 1.55. The third-order valence-corrected chi connectivity index (χ3v) is 5.09. The van der Waals surface area contributed by atoms with Crippen molar-refractivity contribution >= 4 is 23.2 Å². The van der Waals surface area contributed by atoms with E-state index in [-0.39, 0.29) is 11.6 Å². The van der Waals surface area contributed by atoms with Gasteiger partial charge in [0.15, 0.2) is 5.69 Å². The smallest absolute Gasteiger partial charge is 0.356 e. The molecule has 1 aliphatic rings. The second-order valence-corrected chi connectivity index (χ2v) is 6.88. The number of nitrogens with zero attached hydrogens (tertiary/aromatic N) is 4. The van der Waals surface area contributed by atoms with Gasteiger partial charge < -0.3 is 10.0 Å². The Morgan fingerprint density at radius 1 is 1.29 bits per heavy atom. The molecule has 3 rings (SSSR count). The van der Waals surface area contributed by atoms with Gasteiger partial charge in [-0.25, -0.2) is 4.79 Å². The lowest BCUT2D eigenvalue weighted by Crippen LogP contribution is -2.49. The number of carbonyl (C=O) groups excluding carboxylic acids is 1. The first-order valence-electron chi connectivity index (χ1n) is 7.86. The molecule has 128 valence electrons. The molecule has 1 N–H and O–H groups in total. The van der Waals surface area contributed by atoms with Crippen LogP contribution < -0.4 is 0 Å². The summed E-state index contributed by atoms with van der Waals surface area (Å²) in [6.45, 7) is 5.73. The molecule has 3 heterocycles. The largest absolute Gasteiger partial charge is 0.476 e. The molecule has 0 saturated carbocycles. The number of carboxylic acids is 1. The molecule has 1 saturated heterocycles. The van der Waals surface area contributed by atoms with E-state index in [1.807, 2.05) is 4.90 Å². The van der Waals surface area contributed by atoms with Gasteiger partial charge >= 0.3 is 5.97 Å². The van der Waals surface area contributed by atoms with Gasteiger partial charge in [0.2, 0.25) is 5.91 Å². The molecule has 1 fully saturated rings. The molecule has 1 aliphatic heterocycles. The van der Waals surface area contributed by atoms with Crippen LogP contribution in [0.15, 0.2) is 29.8 Å². The van der Waals surface area contributed by atoms with Crippen LogP contribution in [0, 0.1) is 0 Å². The van der Waals surface area contributed by atoms with Crippen molar-refractivity contribution in [1.29, 1.82) is 0 Å². The maximum absolute atomic E-state index is 12.6. The van der Waals surface area contributed by atoms with Crippen molar-refractivity contribution < 1.29 is 14.7 Å². The highest BCUT2D eigenvalue weighted by molar-refractivity contribution is 7.09. The number of aromatic carboxylic acids is 1. The Morgan fingerprint density at radius 3 is 2.62 bits per heavy atom. The molecule has 0 radical (unpaired) electrons.